The van der Waals surface area contributed by atoms with Crippen LogP contribution in [0.25, 0.3) is 83.9 Å². The number of rotatable bonds is 10. The molecule has 0 atom stereocenters. The number of benzene rings is 10. The maximum atomic E-state index is 10.1. The highest BCUT2D eigenvalue weighted by molar-refractivity contribution is 7.19. The summed E-state index contributed by atoms with van der Waals surface area (Å²) in [6.45, 7) is 0. The van der Waals surface area contributed by atoms with E-state index in [1.165, 1.54) is 20.7 Å². The van der Waals surface area contributed by atoms with Crippen LogP contribution >= 0.6 is 0 Å². The molecule has 0 N–H and O–H groups in total. The topological polar surface area (TPSA) is 67.4 Å². The highest BCUT2D eigenvalue weighted by Crippen LogP contribution is 2.40. The van der Waals surface area contributed by atoms with Crippen molar-refractivity contribution < 1.29 is 0 Å². The van der Waals surface area contributed by atoms with E-state index in [4.69, 9.17) is 15.0 Å². The van der Waals surface area contributed by atoms with Gasteiger partial charge in [-0.3, -0.25) is 0 Å². The highest BCUT2D eigenvalue weighted by atomic mass is 28.3. The van der Waals surface area contributed by atoms with Gasteiger partial charge in [-0.05, 0) is 79.4 Å². The molecule has 6 heteroatoms. The van der Waals surface area contributed by atoms with E-state index >= 15 is 0 Å². The fourth-order valence-corrected chi connectivity index (χ4v) is 15.0. The first-order chi connectivity index (χ1) is 34.7. The molecule has 0 amide bonds. The van der Waals surface area contributed by atoms with Crippen LogP contribution in [0.1, 0.15) is 5.56 Å². The predicted molar refractivity (Wildman–Crippen MR) is 290 cm³/mol. The second-order valence-corrected chi connectivity index (χ2v) is 21.3. The van der Waals surface area contributed by atoms with Gasteiger partial charge in [-0.25, -0.2) is 15.0 Å². The van der Waals surface area contributed by atoms with Crippen molar-refractivity contribution in [1.29, 1.82) is 5.26 Å². The van der Waals surface area contributed by atoms with Crippen LogP contribution in [0.15, 0.2) is 261 Å². The van der Waals surface area contributed by atoms with Gasteiger partial charge in [0.1, 0.15) is 0 Å². The van der Waals surface area contributed by atoms with Crippen molar-refractivity contribution in [2.45, 2.75) is 0 Å². The lowest BCUT2D eigenvalue weighted by molar-refractivity contribution is 1.06. The van der Waals surface area contributed by atoms with Crippen LogP contribution in [0.3, 0.4) is 0 Å². The summed E-state index contributed by atoms with van der Waals surface area (Å²) in [7, 11) is -2.84. The van der Waals surface area contributed by atoms with Gasteiger partial charge >= 0.3 is 0 Å². The van der Waals surface area contributed by atoms with Crippen molar-refractivity contribution >= 4 is 50.6 Å². The van der Waals surface area contributed by atoms with Gasteiger partial charge < -0.3 is 4.57 Å². The molecule has 2 heterocycles. The highest BCUT2D eigenvalue weighted by Gasteiger charge is 2.41. The number of nitriles is 1. The largest absolute Gasteiger partial charge is 0.308 e. The third-order valence-electron chi connectivity index (χ3n) is 13.5. The molecule has 0 unspecified atom stereocenters. The van der Waals surface area contributed by atoms with Crippen LogP contribution < -0.4 is 20.7 Å². The summed E-state index contributed by atoms with van der Waals surface area (Å²) in [5.41, 5.74) is 10.4. The third-order valence-corrected chi connectivity index (χ3v) is 18.2. The second-order valence-electron chi connectivity index (χ2n) is 17.4. The molecule has 0 fully saturated rings. The molecule has 10 aromatic carbocycles. The molecule has 0 bridgehead atoms. The molecule has 12 rings (SSSR count). The van der Waals surface area contributed by atoms with E-state index in [0.717, 1.165) is 66.4 Å². The Morgan fingerprint density at radius 3 is 1.41 bits per heavy atom. The Bertz CT molecular complexity index is 3730. The number of hydrogen-bond acceptors (Lipinski definition) is 4. The molecule has 2 aromatic heterocycles. The Morgan fingerprint density at radius 2 is 0.800 bits per heavy atom. The lowest BCUT2D eigenvalue weighted by Crippen LogP contribution is -2.74. The van der Waals surface area contributed by atoms with Crippen LogP contribution in [-0.4, -0.2) is 27.6 Å². The van der Waals surface area contributed by atoms with Crippen molar-refractivity contribution in [3.8, 4) is 68.2 Å². The van der Waals surface area contributed by atoms with Gasteiger partial charge in [0.15, 0.2) is 25.5 Å². The summed E-state index contributed by atoms with van der Waals surface area (Å²) >= 11 is 0. The monoisotopic (exact) mass is 909 g/mol. The van der Waals surface area contributed by atoms with Gasteiger partial charge in [-0.1, -0.05) is 224 Å². The Balaban J connectivity index is 1.13. The molecule has 0 saturated heterocycles. The molecular formula is C64H43N5Si. The molecule has 5 nitrogen and oxygen atoms in total. The fourth-order valence-electron chi connectivity index (χ4n) is 10.2. The first kappa shape index (κ1) is 42.1. The smallest absolute Gasteiger partial charge is 0.179 e. The summed E-state index contributed by atoms with van der Waals surface area (Å²) in [6, 6.07) is 94.7. The summed E-state index contributed by atoms with van der Waals surface area (Å²) in [5.74, 6) is 1.76. The van der Waals surface area contributed by atoms with Crippen molar-refractivity contribution in [3.63, 3.8) is 0 Å². The lowest BCUT2D eigenvalue weighted by Gasteiger charge is -2.34. The van der Waals surface area contributed by atoms with Gasteiger partial charge in [0.25, 0.3) is 0 Å². The van der Waals surface area contributed by atoms with E-state index in [9.17, 15) is 5.26 Å². The average Bonchev–Trinajstić information content (AvgIpc) is 3.78. The molecule has 0 radical (unpaired) electrons. The zero-order valence-electron chi connectivity index (χ0n) is 38.1. The van der Waals surface area contributed by atoms with Gasteiger partial charge in [0, 0.05) is 27.5 Å². The quantitative estimate of drug-likeness (QED) is 0.101. The van der Waals surface area contributed by atoms with Gasteiger partial charge in [0.2, 0.25) is 0 Å². The molecule has 12 aromatic rings. The van der Waals surface area contributed by atoms with Crippen LogP contribution in [-0.2, 0) is 0 Å². The number of fused-ring (bicyclic) bond motifs is 3. The van der Waals surface area contributed by atoms with Crippen molar-refractivity contribution in [1.82, 2.24) is 19.5 Å². The number of aromatic nitrogens is 4. The van der Waals surface area contributed by atoms with Crippen LogP contribution in [0.2, 0.25) is 0 Å². The maximum Gasteiger partial charge on any atom is 0.179 e. The summed E-state index contributed by atoms with van der Waals surface area (Å²) in [4.78, 5) is 15.7. The SMILES string of the molecule is N#Cc1ccccc1-c1ccc2c(c1)c1ccccc1n2-c1cc(-c2cccc([Si](c3ccccc3)(c3ccccc3)c3ccccc3)c2)ccc1-c1nc(-c2ccccc2)nc(-c2ccccc2)n1. The number of hydrogen-bond donors (Lipinski definition) is 0. The Labute approximate surface area is 408 Å². The first-order valence-electron chi connectivity index (χ1n) is 23.5. The minimum Gasteiger partial charge on any atom is -0.308 e. The van der Waals surface area contributed by atoms with Crippen LogP contribution in [0.5, 0.6) is 0 Å². The van der Waals surface area contributed by atoms with E-state index in [0.29, 0.717) is 23.0 Å². The summed E-state index contributed by atoms with van der Waals surface area (Å²) in [5, 5.41) is 17.6. The minimum atomic E-state index is -2.84. The zero-order chi connectivity index (χ0) is 46.9. The van der Waals surface area contributed by atoms with Crippen LogP contribution in [0.4, 0.5) is 0 Å². The van der Waals surface area contributed by atoms with E-state index < -0.39 is 8.07 Å². The van der Waals surface area contributed by atoms with Gasteiger partial charge in [-0.2, -0.15) is 5.26 Å². The molecule has 328 valence electrons. The third kappa shape index (κ3) is 7.39. The predicted octanol–water partition coefficient (Wildman–Crippen LogP) is 12.6. The second kappa shape index (κ2) is 18.1. The molecular weight excluding hydrogens is 867 g/mol. The molecule has 70 heavy (non-hydrogen) atoms. The molecule has 0 spiro atoms. The van der Waals surface area contributed by atoms with Gasteiger partial charge in [0.05, 0.1) is 28.4 Å². The maximum absolute atomic E-state index is 10.1. The van der Waals surface area contributed by atoms with Gasteiger partial charge in [-0.15, -0.1) is 0 Å². The first-order valence-corrected chi connectivity index (χ1v) is 25.5. The summed E-state index contributed by atoms with van der Waals surface area (Å²) < 4.78 is 2.36. The number of para-hydroxylation sites is 1. The molecule has 0 aliphatic heterocycles. The van der Waals surface area contributed by atoms with E-state index in [1.807, 2.05) is 84.9 Å². The van der Waals surface area contributed by atoms with Crippen LogP contribution in [0, 0.1) is 11.3 Å². The Morgan fingerprint density at radius 1 is 0.329 bits per heavy atom. The summed E-state index contributed by atoms with van der Waals surface area (Å²) in [6.07, 6.45) is 0. The van der Waals surface area contributed by atoms with E-state index in [1.54, 1.807) is 0 Å². The molecule has 0 aliphatic carbocycles. The molecule has 0 aliphatic rings. The molecule has 0 saturated carbocycles. The zero-order valence-corrected chi connectivity index (χ0v) is 39.1. The standard InChI is InChI=1S/C64H43N5Si/c65-44-50-25-16-17-34-55(50)49-38-40-60-58(42-49)56-35-18-19-36-59(56)69(60)61-43-48(37-39-57(61)64-67-62(45-21-6-1-7-22-45)66-63(68-64)46-23-8-2-9-24-46)47-26-20-33-54(41-47)70(51-27-10-3-11-28-51,52-29-12-4-13-30-52)53-31-14-5-15-32-53/h1-43H. The normalized spacial score (nSPS) is 11.4. The van der Waals surface area contributed by atoms with E-state index in [2.05, 4.69) is 187 Å². The fraction of sp³-hybridized carbons (Fsp3) is 0. The lowest BCUT2D eigenvalue weighted by atomic mass is 9.98. The number of nitrogens with zero attached hydrogens (tertiary/aromatic N) is 5. The van der Waals surface area contributed by atoms with E-state index in [-0.39, 0.29) is 0 Å². The minimum absolute atomic E-state index is 0.567. The Kier molecular flexibility index (Phi) is 10.9. The Hall–Kier alpha value is -9.28. The average molecular weight is 910 g/mol. The van der Waals surface area contributed by atoms with Crippen molar-refractivity contribution in [3.05, 3.63) is 266 Å². The van der Waals surface area contributed by atoms with Crippen molar-refractivity contribution in [2.24, 2.45) is 0 Å². The van der Waals surface area contributed by atoms with Crippen molar-refractivity contribution in [2.75, 3.05) is 0 Å².